The van der Waals surface area contributed by atoms with Gasteiger partial charge in [-0.3, -0.25) is 0 Å². The molecule has 0 saturated heterocycles. The molecule has 0 rings (SSSR count). The van der Waals surface area contributed by atoms with Crippen molar-refractivity contribution >= 4 is 0 Å². The van der Waals surface area contributed by atoms with Crippen molar-refractivity contribution in [2.45, 2.75) is 19.4 Å². The van der Waals surface area contributed by atoms with Crippen molar-refractivity contribution in [2.75, 3.05) is 6.54 Å². The SMILES string of the molecule is CCC(O)CN[O-]. The van der Waals surface area contributed by atoms with Gasteiger partial charge in [-0.1, -0.05) is 6.92 Å². The van der Waals surface area contributed by atoms with Crippen LogP contribution in [-0.4, -0.2) is 17.8 Å². The molecular formula is C4H10NO2-. The number of aliphatic hydroxyl groups excluding tert-OH is 1. The van der Waals surface area contributed by atoms with Gasteiger partial charge < -0.3 is 15.8 Å². The van der Waals surface area contributed by atoms with Crippen molar-refractivity contribution < 1.29 is 5.11 Å². The summed E-state index contributed by atoms with van der Waals surface area (Å²) in [6.07, 6.45) is 0.160. The first kappa shape index (κ1) is 6.88. The second-order valence-electron chi connectivity index (χ2n) is 1.41. The Morgan fingerprint density at radius 2 is 2.43 bits per heavy atom. The van der Waals surface area contributed by atoms with E-state index in [9.17, 15) is 5.21 Å². The molecule has 44 valence electrons. The van der Waals surface area contributed by atoms with Crippen LogP contribution in [0.25, 0.3) is 0 Å². The molecule has 0 bridgehead atoms. The maximum absolute atomic E-state index is 9.49. The average Bonchev–Trinajstić information content (AvgIpc) is 1.68. The minimum atomic E-state index is -0.475. The molecule has 2 N–H and O–H groups in total. The number of hydrogen-bond acceptors (Lipinski definition) is 3. The molecule has 3 nitrogen and oxygen atoms in total. The van der Waals surface area contributed by atoms with Gasteiger partial charge in [-0.2, -0.15) is 0 Å². The molecule has 0 aromatic carbocycles. The molecule has 0 aromatic heterocycles. The second kappa shape index (κ2) is 4.05. The highest BCUT2D eigenvalue weighted by Gasteiger charge is 1.92. The van der Waals surface area contributed by atoms with Crippen LogP contribution >= 0.6 is 0 Å². The Balaban J connectivity index is 2.83. The van der Waals surface area contributed by atoms with Crippen molar-refractivity contribution in [2.24, 2.45) is 0 Å². The summed E-state index contributed by atoms with van der Waals surface area (Å²) >= 11 is 0. The Hall–Kier alpha value is -0.120. The first-order chi connectivity index (χ1) is 3.31. The van der Waals surface area contributed by atoms with Gasteiger partial charge in [0.2, 0.25) is 0 Å². The van der Waals surface area contributed by atoms with E-state index >= 15 is 0 Å². The fraction of sp³-hybridized carbons (Fsp3) is 1.00. The number of aliphatic hydroxyl groups is 1. The van der Waals surface area contributed by atoms with Gasteiger partial charge in [0.25, 0.3) is 0 Å². The van der Waals surface area contributed by atoms with Crippen LogP contribution in [0.3, 0.4) is 0 Å². The maximum atomic E-state index is 9.49. The van der Waals surface area contributed by atoms with Crippen LogP contribution in [0.2, 0.25) is 0 Å². The topological polar surface area (TPSA) is 55.3 Å². The summed E-state index contributed by atoms with van der Waals surface area (Å²) in [6.45, 7) is 1.97. The van der Waals surface area contributed by atoms with Crippen molar-refractivity contribution in [1.82, 2.24) is 5.48 Å². The quantitative estimate of drug-likeness (QED) is 0.489. The van der Waals surface area contributed by atoms with Crippen LogP contribution in [-0.2, 0) is 0 Å². The predicted molar refractivity (Wildman–Crippen MR) is 27.7 cm³/mol. The largest absolute Gasteiger partial charge is 0.788 e. The average molecular weight is 104 g/mol. The molecule has 7 heavy (non-hydrogen) atoms. The summed E-state index contributed by atoms with van der Waals surface area (Å²) in [7, 11) is 0. The molecule has 0 aliphatic heterocycles. The van der Waals surface area contributed by atoms with Crippen LogP contribution in [0, 0.1) is 5.21 Å². The molecule has 0 amide bonds. The van der Waals surface area contributed by atoms with Crippen molar-refractivity contribution in [3.63, 3.8) is 0 Å². The third-order valence-corrected chi connectivity index (χ3v) is 0.790. The van der Waals surface area contributed by atoms with Crippen LogP contribution in [0.4, 0.5) is 0 Å². The first-order valence-electron chi connectivity index (χ1n) is 2.34. The van der Waals surface area contributed by atoms with E-state index in [0.29, 0.717) is 6.42 Å². The Labute approximate surface area is 42.9 Å². The molecular weight excluding hydrogens is 94.0 g/mol. The zero-order chi connectivity index (χ0) is 5.70. The molecule has 0 heterocycles. The summed E-state index contributed by atoms with van der Waals surface area (Å²) in [5, 5.41) is 18.1. The van der Waals surface area contributed by atoms with E-state index < -0.39 is 6.10 Å². The maximum Gasteiger partial charge on any atom is 0.0653 e. The third kappa shape index (κ3) is 3.72. The Morgan fingerprint density at radius 3 is 2.57 bits per heavy atom. The minimum absolute atomic E-state index is 0.149. The highest BCUT2D eigenvalue weighted by Crippen LogP contribution is 1.83. The summed E-state index contributed by atoms with van der Waals surface area (Å²) in [6, 6.07) is 0. The Bertz CT molecular complexity index is 40.7. The van der Waals surface area contributed by atoms with E-state index in [0.717, 1.165) is 0 Å². The van der Waals surface area contributed by atoms with Gasteiger partial charge in [0.05, 0.1) is 6.10 Å². The number of nitrogens with one attached hydrogen (secondary N) is 1. The normalized spacial score (nSPS) is 14.1. The number of hydroxylamine groups is 1. The number of rotatable bonds is 3. The van der Waals surface area contributed by atoms with Crippen molar-refractivity contribution in [3.05, 3.63) is 5.21 Å². The summed E-state index contributed by atoms with van der Waals surface area (Å²) in [5.41, 5.74) is 1.62. The second-order valence-corrected chi connectivity index (χ2v) is 1.41. The lowest BCUT2D eigenvalue weighted by atomic mass is 10.3. The van der Waals surface area contributed by atoms with E-state index in [4.69, 9.17) is 5.11 Å². The summed E-state index contributed by atoms with van der Waals surface area (Å²) < 4.78 is 0. The third-order valence-electron chi connectivity index (χ3n) is 0.790. The highest BCUT2D eigenvalue weighted by molar-refractivity contribution is 4.54. The molecule has 1 unspecified atom stereocenters. The Morgan fingerprint density at radius 1 is 1.86 bits per heavy atom. The van der Waals surface area contributed by atoms with Crippen LogP contribution in [0.15, 0.2) is 0 Å². The zero-order valence-corrected chi connectivity index (χ0v) is 4.35. The van der Waals surface area contributed by atoms with Gasteiger partial charge in [-0.05, 0) is 6.42 Å². The van der Waals surface area contributed by atoms with E-state index in [2.05, 4.69) is 0 Å². The van der Waals surface area contributed by atoms with E-state index in [-0.39, 0.29) is 6.54 Å². The van der Waals surface area contributed by atoms with E-state index in [1.807, 2.05) is 6.92 Å². The van der Waals surface area contributed by atoms with Gasteiger partial charge >= 0.3 is 0 Å². The van der Waals surface area contributed by atoms with Crippen molar-refractivity contribution in [3.8, 4) is 0 Å². The van der Waals surface area contributed by atoms with Gasteiger partial charge in [-0.25, -0.2) is 0 Å². The summed E-state index contributed by atoms with van der Waals surface area (Å²) in [4.78, 5) is 0. The van der Waals surface area contributed by atoms with Crippen LogP contribution in [0.1, 0.15) is 13.3 Å². The molecule has 0 aliphatic carbocycles. The molecule has 0 aliphatic rings. The van der Waals surface area contributed by atoms with E-state index in [1.165, 1.54) is 0 Å². The molecule has 1 atom stereocenters. The number of hydrogen-bond donors (Lipinski definition) is 2. The standard InChI is InChI=1S/C4H10NO2/c1-2-4(6)3-5-7/h4-6H,2-3H2,1H3/q-1. The molecule has 0 saturated carbocycles. The molecule has 0 aromatic rings. The van der Waals surface area contributed by atoms with E-state index in [1.54, 1.807) is 5.48 Å². The van der Waals surface area contributed by atoms with Crippen LogP contribution in [0.5, 0.6) is 0 Å². The molecule has 0 spiro atoms. The lowest BCUT2D eigenvalue weighted by molar-refractivity contribution is 0.172. The van der Waals surface area contributed by atoms with Gasteiger partial charge in [-0.15, -0.1) is 0 Å². The molecule has 0 fully saturated rings. The van der Waals surface area contributed by atoms with Gasteiger partial charge in [0.15, 0.2) is 0 Å². The fourth-order valence-electron chi connectivity index (χ4n) is 0.241. The molecule has 0 radical (unpaired) electrons. The fourth-order valence-corrected chi connectivity index (χ4v) is 0.241. The zero-order valence-electron chi connectivity index (χ0n) is 4.35. The first-order valence-corrected chi connectivity index (χ1v) is 2.34. The van der Waals surface area contributed by atoms with Crippen molar-refractivity contribution in [1.29, 1.82) is 0 Å². The smallest absolute Gasteiger partial charge is 0.0653 e. The Kier molecular flexibility index (Phi) is 3.98. The van der Waals surface area contributed by atoms with Crippen LogP contribution < -0.4 is 5.48 Å². The van der Waals surface area contributed by atoms with Gasteiger partial charge in [0, 0.05) is 6.54 Å². The predicted octanol–water partition coefficient (Wildman–Crippen LogP) is -0.155. The highest BCUT2D eigenvalue weighted by atomic mass is 16.5. The lowest BCUT2D eigenvalue weighted by Crippen LogP contribution is -2.20. The monoisotopic (exact) mass is 104 g/mol. The van der Waals surface area contributed by atoms with Gasteiger partial charge in [0.1, 0.15) is 0 Å². The lowest BCUT2D eigenvalue weighted by Gasteiger charge is -2.10. The minimum Gasteiger partial charge on any atom is -0.788 e. The molecule has 3 heteroatoms. The summed E-state index contributed by atoms with van der Waals surface area (Å²) in [5.74, 6) is 0.